The molecule has 0 saturated carbocycles. The van der Waals surface area contributed by atoms with E-state index in [2.05, 4.69) is 142 Å². The van der Waals surface area contributed by atoms with Crippen LogP contribution in [0.25, 0.3) is 0 Å². The summed E-state index contributed by atoms with van der Waals surface area (Å²) in [5.74, 6) is -3.22. The van der Waals surface area contributed by atoms with Crippen molar-refractivity contribution in [3.63, 3.8) is 0 Å². The highest BCUT2D eigenvalue weighted by molar-refractivity contribution is 5.74. The second kappa shape index (κ2) is 53.7. The van der Waals surface area contributed by atoms with Crippen molar-refractivity contribution in [1.82, 2.24) is 0 Å². The van der Waals surface area contributed by atoms with Gasteiger partial charge in [-0.3, -0.25) is 14.4 Å². The van der Waals surface area contributed by atoms with E-state index in [1.807, 2.05) is 0 Å². The van der Waals surface area contributed by atoms with Crippen LogP contribution in [-0.2, 0) is 42.9 Å². The molecule has 1 saturated heterocycles. The van der Waals surface area contributed by atoms with Crippen LogP contribution in [0.1, 0.15) is 226 Å². The molecular weight excluding hydrogens is 997 g/mol. The number of aliphatic hydroxyl groups is 2. The molecule has 0 aromatic rings. The maximum Gasteiger partial charge on any atom is 0.335 e. The topological polar surface area (TPSA) is 175 Å². The van der Waals surface area contributed by atoms with Gasteiger partial charge in [-0.2, -0.15) is 0 Å². The second-order valence-corrected chi connectivity index (χ2v) is 20.2. The first kappa shape index (κ1) is 72.1. The van der Waals surface area contributed by atoms with Gasteiger partial charge in [-0.05, 0) is 128 Å². The molecule has 79 heavy (non-hydrogen) atoms. The van der Waals surface area contributed by atoms with Crippen molar-refractivity contribution in [2.75, 3.05) is 13.2 Å². The summed E-state index contributed by atoms with van der Waals surface area (Å²) in [5.41, 5.74) is 0. The third-order valence-electron chi connectivity index (χ3n) is 13.0. The molecule has 1 heterocycles. The molecular formula is C67H106O12. The Morgan fingerprint density at radius 1 is 0.430 bits per heavy atom. The summed E-state index contributed by atoms with van der Waals surface area (Å²) in [6.45, 7) is 5.69. The van der Waals surface area contributed by atoms with Crippen LogP contribution < -0.4 is 0 Å². The maximum absolute atomic E-state index is 13.2. The van der Waals surface area contributed by atoms with Crippen LogP contribution in [0.3, 0.4) is 0 Å². The number of rotatable bonds is 50. The van der Waals surface area contributed by atoms with E-state index in [0.29, 0.717) is 19.3 Å². The minimum Gasteiger partial charge on any atom is -0.479 e. The van der Waals surface area contributed by atoms with Gasteiger partial charge in [-0.25, -0.2) is 4.79 Å². The van der Waals surface area contributed by atoms with Gasteiger partial charge in [-0.15, -0.1) is 0 Å². The molecule has 1 aliphatic rings. The van der Waals surface area contributed by atoms with Crippen molar-refractivity contribution in [3.8, 4) is 0 Å². The van der Waals surface area contributed by atoms with Crippen molar-refractivity contribution in [2.45, 2.75) is 263 Å². The molecule has 0 aliphatic carbocycles. The van der Waals surface area contributed by atoms with E-state index in [1.54, 1.807) is 0 Å². The second-order valence-electron chi connectivity index (χ2n) is 20.2. The largest absolute Gasteiger partial charge is 0.479 e. The predicted molar refractivity (Wildman–Crippen MR) is 321 cm³/mol. The Morgan fingerprint density at radius 3 is 1.23 bits per heavy atom. The molecule has 446 valence electrons. The summed E-state index contributed by atoms with van der Waals surface area (Å²) < 4.78 is 28.4. The van der Waals surface area contributed by atoms with Crippen LogP contribution in [0, 0.1) is 0 Å². The van der Waals surface area contributed by atoms with Crippen LogP contribution in [0.2, 0.25) is 0 Å². The first-order valence-corrected chi connectivity index (χ1v) is 30.5. The van der Waals surface area contributed by atoms with Gasteiger partial charge in [0.05, 0.1) is 6.61 Å². The normalized spacial score (nSPS) is 18.7. The minimum atomic E-state index is -1.92. The molecule has 12 heteroatoms. The lowest BCUT2D eigenvalue weighted by Gasteiger charge is -2.40. The number of allylic oxidation sites excluding steroid dienone is 20. The van der Waals surface area contributed by atoms with Crippen molar-refractivity contribution < 1.29 is 58.2 Å². The molecule has 3 N–H and O–H groups in total. The molecule has 6 unspecified atom stereocenters. The highest BCUT2D eigenvalue weighted by Gasteiger charge is 2.50. The quantitative estimate of drug-likeness (QED) is 0.0228. The van der Waals surface area contributed by atoms with Crippen LogP contribution in [0.15, 0.2) is 122 Å². The molecule has 0 aromatic heterocycles. The van der Waals surface area contributed by atoms with E-state index in [4.69, 9.17) is 23.7 Å². The van der Waals surface area contributed by atoms with Crippen LogP contribution in [0.4, 0.5) is 0 Å². The standard InChI is InChI=1S/C67H106O12/c1-4-7-10-13-16-19-22-25-28-29-30-31-34-35-38-41-44-47-50-53-59(68)75-56-58(77-60(69)54-51-48-45-42-39-36-32-26-23-20-17-14-11-8-5-2)57-76-67-65(63(72)62(71)64(79-67)66(73)74)78-61(70)55-52-49-46-43-40-37-33-27-24-21-18-15-12-9-6-3/h7,9-10,12,16-21,25-28,30-33,35,38,58,62-65,67,71-72H,4-6,8,11,13-15,22-24,29,34,36-37,39-57H2,1-3H3,(H,73,74)/b10-7-,12-9-,19-16-,20-17-,21-18-,28-25-,31-30-,32-26-,33-27-,38-35-. The highest BCUT2D eigenvalue weighted by atomic mass is 16.7. The summed E-state index contributed by atoms with van der Waals surface area (Å²) in [7, 11) is 0. The van der Waals surface area contributed by atoms with E-state index < -0.39 is 67.3 Å². The molecule has 0 amide bonds. The fourth-order valence-electron chi connectivity index (χ4n) is 8.38. The molecule has 6 atom stereocenters. The van der Waals surface area contributed by atoms with E-state index >= 15 is 0 Å². The van der Waals surface area contributed by atoms with Crippen molar-refractivity contribution in [1.29, 1.82) is 0 Å². The van der Waals surface area contributed by atoms with Gasteiger partial charge >= 0.3 is 23.9 Å². The number of hydrogen-bond donors (Lipinski definition) is 3. The highest BCUT2D eigenvalue weighted by Crippen LogP contribution is 2.26. The van der Waals surface area contributed by atoms with Crippen molar-refractivity contribution in [3.05, 3.63) is 122 Å². The first-order valence-electron chi connectivity index (χ1n) is 30.5. The number of carbonyl (C=O) groups excluding carboxylic acids is 3. The summed E-state index contributed by atoms with van der Waals surface area (Å²) in [4.78, 5) is 51.2. The Labute approximate surface area is 478 Å². The number of carbonyl (C=O) groups is 4. The van der Waals surface area contributed by atoms with Crippen LogP contribution >= 0.6 is 0 Å². The lowest BCUT2D eigenvalue weighted by atomic mass is 9.98. The Morgan fingerprint density at radius 2 is 0.797 bits per heavy atom. The average molecular weight is 1100 g/mol. The van der Waals surface area contributed by atoms with Crippen molar-refractivity contribution in [2.24, 2.45) is 0 Å². The van der Waals surface area contributed by atoms with Gasteiger partial charge in [0.1, 0.15) is 18.8 Å². The molecule has 12 nitrogen and oxygen atoms in total. The zero-order valence-corrected chi connectivity index (χ0v) is 49.1. The first-order chi connectivity index (χ1) is 38.6. The number of esters is 3. The van der Waals surface area contributed by atoms with Gasteiger partial charge in [-0.1, -0.05) is 200 Å². The van der Waals surface area contributed by atoms with Gasteiger partial charge in [0.2, 0.25) is 0 Å². The number of carboxylic acids is 1. The number of hydrogen-bond acceptors (Lipinski definition) is 11. The van der Waals surface area contributed by atoms with Crippen molar-refractivity contribution >= 4 is 23.9 Å². The molecule has 1 rings (SSSR count). The van der Waals surface area contributed by atoms with Gasteiger partial charge < -0.3 is 39.0 Å². The third-order valence-corrected chi connectivity index (χ3v) is 13.0. The fraction of sp³-hybridized carbons (Fsp3) is 0.642. The van der Waals surface area contributed by atoms with Gasteiger partial charge in [0, 0.05) is 19.3 Å². The Kier molecular flexibility index (Phi) is 49.1. The predicted octanol–water partition coefficient (Wildman–Crippen LogP) is 16.0. The van der Waals surface area contributed by atoms with E-state index in [-0.39, 0.29) is 25.9 Å². The zero-order chi connectivity index (χ0) is 57.5. The molecule has 1 fully saturated rings. The van der Waals surface area contributed by atoms with E-state index in [9.17, 15) is 34.5 Å². The molecule has 0 aromatic carbocycles. The fourth-order valence-corrected chi connectivity index (χ4v) is 8.38. The lowest BCUT2D eigenvalue weighted by Crippen LogP contribution is -2.61. The monoisotopic (exact) mass is 1100 g/mol. The summed E-state index contributed by atoms with van der Waals surface area (Å²) in [5, 5.41) is 31.5. The SMILES string of the molecule is CC/C=C\C/C=C\C/C=C\C/C=C\C/C=C\CCCCCC(=O)OCC(COC1OC(C(=O)O)C(O)C(O)C1OC(=O)CCCCCCC/C=C\C/C=C\C/C=C\CC)OC(=O)CCCCCCC/C=C\C/C=C\CCCCC. The Bertz CT molecular complexity index is 1840. The number of ether oxygens (including phenoxy) is 5. The summed E-state index contributed by atoms with van der Waals surface area (Å²) in [6, 6.07) is 0. The van der Waals surface area contributed by atoms with Crippen LogP contribution in [0.5, 0.6) is 0 Å². The zero-order valence-electron chi connectivity index (χ0n) is 49.1. The minimum absolute atomic E-state index is 0.0296. The third kappa shape index (κ3) is 43.6. The smallest absolute Gasteiger partial charge is 0.335 e. The maximum atomic E-state index is 13.2. The van der Waals surface area contributed by atoms with Gasteiger partial charge in [0.15, 0.2) is 24.6 Å². The molecule has 0 bridgehead atoms. The molecule has 0 radical (unpaired) electrons. The number of unbranched alkanes of at least 4 members (excludes halogenated alkanes) is 16. The summed E-state index contributed by atoms with van der Waals surface area (Å²) >= 11 is 0. The number of aliphatic carboxylic acids is 1. The molecule has 0 spiro atoms. The molecule has 1 aliphatic heterocycles. The Balaban J connectivity index is 2.73. The Hall–Kier alpha value is -4.88. The number of carboxylic acid groups (broad SMARTS) is 1. The van der Waals surface area contributed by atoms with Crippen LogP contribution in [-0.4, -0.2) is 89.2 Å². The van der Waals surface area contributed by atoms with Gasteiger partial charge in [0.25, 0.3) is 0 Å². The lowest BCUT2D eigenvalue weighted by molar-refractivity contribution is -0.301. The summed E-state index contributed by atoms with van der Waals surface area (Å²) in [6.07, 6.45) is 61.6. The van der Waals surface area contributed by atoms with E-state index in [0.717, 1.165) is 148 Å². The van der Waals surface area contributed by atoms with E-state index in [1.165, 1.54) is 19.3 Å². The average Bonchev–Trinajstić information content (AvgIpc) is 3.46. The number of aliphatic hydroxyl groups excluding tert-OH is 2.